The van der Waals surface area contributed by atoms with Crippen LogP contribution in [-0.2, 0) is 0 Å². The van der Waals surface area contributed by atoms with E-state index in [9.17, 15) is 9.59 Å². The minimum Gasteiger partial charge on any atom is -0.496 e. The lowest BCUT2D eigenvalue weighted by Crippen LogP contribution is -2.14. The molecule has 2 rings (SSSR count). The van der Waals surface area contributed by atoms with Crippen LogP contribution in [0.5, 0.6) is 5.75 Å². The Balaban J connectivity index is 2.26. The summed E-state index contributed by atoms with van der Waals surface area (Å²) in [7, 11) is 1.47. The van der Waals surface area contributed by atoms with Crippen molar-refractivity contribution < 1.29 is 19.4 Å². The normalized spacial score (nSPS) is 10.0. The first-order chi connectivity index (χ1) is 10.0. The number of carbonyl (C=O) groups is 2. The van der Waals surface area contributed by atoms with E-state index in [2.05, 4.69) is 26.2 Å². The van der Waals surface area contributed by atoms with E-state index >= 15 is 0 Å². The lowest BCUT2D eigenvalue weighted by Gasteiger charge is -2.10. The number of pyridine rings is 1. The molecule has 2 N–H and O–H groups in total. The van der Waals surface area contributed by atoms with Crippen molar-refractivity contribution in [1.82, 2.24) is 4.98 Å². The Morgan fingerprint density at radius 3 is 2.71 bits per heavy atom. The molecule has 1 aromatic carbocycles. The van der Waals surface area contributed by atoms with Crippen molar-refractivity contribution in [2.45, 2.75) is 0 Å². The van der Waals surface area contributed by atoms with Gasteiger partial charge in [0, 0.05) is 16.4 Å². The lowest BCUT2D eigenvalue weighted by atomic mass is 10.2. The number of hydrogen-bond donors (Lipinski definition) is 2. The third-order valence-electron chi connectivity index (χ3n) is 2.65. The number of carboxylic acid groups (broad SMARTS) is 1. The number of methoxy groups -OCH3 is 1. The van der Waals surface area contributed by atoms with Gasteiger partial charge in [0.25, 0.3) is 5.91 Å². The van der Waals surface area contributed by atoms with Gasteiger partial charge in [-0.1, -0.05) is 15.9 Å². The molecule has 7 heteroatoms. The number of aromatic carboxylic acids is 1. The van der Waals surface area contributed by atoms with E-state index in [0.717, 1.165) is 4.47 Å². The number of benzene rings is 1. The highest BCUT2D eigenvalue weighted by Crippen LogP contribution is 2.24. The van der Waals surface area contributed by atoms with Gasteiger partial charge in [-0.05, 0) is 30.3 Å². The van der Waals surface area contributed by atoms with E-state index < -0.39 is 11.9 Å². The molecule has 0 fully saturated rings. The van der Waals surface area contributed by atoms with Crippen LogP contribution >= 0.6 is 15.9 Å². The van der Waals surface area contributed by atoms with Gasteiger partial charge in [0.05, 0.1) is 12.7 Å². The summed E-state index contributed by atoms with van der Waals surface area (Å²) < 4.78 is 5.93. The maximum absolute atomic E-state index is 12.2. The zero-order valence-corrected chi connectivity index (χ0v) is 12.5. The van der Waals surface area contributed by atoms with E-state index in [1.807, 2.05) is 0 Å². The summed E-state index contributed by atoms with van der Waals surface area (Å²) in [5.74, 6) is -1.15. The molecule has 1 aromatic heterocycles. The summed E-state index contributed by atoms with van der Waals surface area (Å²) in [5.41, 5.74) is 0.544. The number of aromatic nitrogens is 1. The average molecular weight is 351 g/mol. The molecule has 0 saturated carbocycles. The fourth-order valence-electron chi connectivity index (χ4n) is 1.68. The van der Waals surface area contributed by atoms with Crippen LogP contribution in [0, 0.1) is 0 Å². The molecule has 0 unspecified atom stereocenters. The summed E-state index contributed by atoms with van der Waals surface area (Å²) in [6, 6.07) is 7.79. The topological polar surface area (TPSA) is 88.5 Å². The van der Waals surface area contributed by atoms with E-state index in [-0.39, 0.29) is 5.69 Å². The molecule has 0 radical (unpaired) electrons. The predicted octanol–water partition coefficient (Wildman–Crippen LogP) is 2.80. The van der Waals surface area contributed by atoms with Crippen molar-refractivity contribution >= 4 is 33.5 Å². The molecule has 0 aliphatic carbocycles. The first-order valence-corrected chi connectivity index (χ1v) is 6.65. The maximum Gasteiger partial charge on any atom is 0.354 e. The first-order valence-electron chi connectivity index (χ1n) is 5.85. The van der Waals surface area contributed by atoms with Gasteiger partial charge in [-0.25, -0.2) is 9.78 Å². The Morgan fingerprint density at radius 1 is 1.29 bits per heavy atom. The van der Waals surface area contributed by atoms with Crippen LogP contribution in [0.4, 0.5) is 5.69 Å². The first kappa shape index (κ1) is 15.0. The van der Waals surface area contributed by atoms with Gasteiger partial charge in [0.1, 0.15) is 11.4 Å². The molecule has 0 atom stereocenters. The molecule has 0 aliphatic rings. The van der Waals surface area contributed by atoms with E-state index in [1.165, 1.54) is 25.4 Å². The fourth-order valence-corrected chi connectivity index (χ4v) is 2.02. The molecule has 2 aromatic rings. The zero-order chi connectivity index (χ0) is 15.4. The zero-order valence-electron chi connectivity index (χ0n) is 11.0. The van der Waals surface area contributed by atoms with E-state index in [0.29, 0.717) is 17.0 Å². The number of rotatable bonds is 4. The molecule has 21 heavy (non-hydrogen) atoms. The van der Waals surface area contributed by atoms with Crippen molar-refractivity contribution in [2.75, 3.05) is 12.4 Å². The predicted molar refractivity (Wildman–Crippen MR) is 79.8 cm³/mol. The standard InChI is InChI=1S/C14H11BrN2O4/c1-21-12-6-8(15)2-3-10(12)13(18)17-9-4-5-16-11(7-9)14(19)20/h2-7H,1H3,(H,19,20)(H,16,17,18). The SMILES string of the molecule is COc1cc(Br)ccc1C(=O)Nc1ccnc(C(=O)O)c1. The number of hydrogen-bond acceptors (Lipinski definition) is 4. The van der Waals surface area contributed by atoms with Crippen molar-refractivity contribution in [3.63, 3.8) is 0 Å². The highest BCUT2D eigenvalue weighted by Gasteiger charge is 2.14. The van der Waals surface area contributed by atoms with Crippen LogP contribution in [-0.4, -0.2) is 29.1 Å². The minimum absolute atomic E-state index is 0.143. The fraction of sp³-hybridized carbons (Fsp3) is 0.0714. The smallest absolute Gasteiger partial charge is 0.354 e. The molecular weight excluding hydrogens is 340 g/mol. The Bertz CT molecular complexity index is 703. The number of ether oxygens (including phenoxy) is 1. The Labute approximate surface area is 128 Å². The molecule has 1 heterocycles. The van der Waals surface area contributed by atoms with Crippen molar-refractivity contribution in [2.24, 2.45) is 0 Å². The van der Waals surface area contributed by atoms with Crippen LogP contribution in [0.1, 0.15) is 20.8 Å². The monoisotopic (exact) mass is 350 g/mol. The molecule has 1 amide bonds. The van der Waals surface area contributed by atoms with Gasteiger partial charge in [0.15, 0.2) is 0 Å². The van der Waals surface area contributed by atoms with Gasteiger partial charge in [0.2, 0.25) is 0 Å². The third kappa shape index (κ3) is 3.57. The number of nitrogens with zero attached hydrogens (tertiary/aromatic N) is 1. The summed E-state index contributed by atoms with van der Waals surface area (Å²) in [6.07, 6.45) is 1.32. The molecule has 108 valence electrons. The molecule has 6 nitrogen and oxygen atoms in total. The largest absolute Gasteiger partial charge is 0.496 e. The number of nitrogens with one attached hydrogen (secondary N) is 1. The summed E-state index contributed by atoms with van der Waals surface area (Å²) >= 11 is 3.29. The van der Waals surface area contributed by atoms with Gasteiger partial charge in [-0.2, -0.15) is 0 Å². The minimum atomic E-state index is -1.16. The highest BCUT2D eigenvalue weighted by molar-refractivity contribution is 9.10. The lowest BCUT2D eigenvalue weighted by molar-refractivity contribution is 0.0690. The third-order valence-corrected chi connectivity index (χ3v) is 3.14. The quantitative estimate of drug-likeness (QED) is 0.884. The van der Waals surface area contributed by atoms with Gasteiger partial charge in [-0.15, -0.1) is 0 Å². The van der Waals surface area contributed by atoms with Crippen LogP contribution in [0.3, 0.4) is 0 Å². The van der Waals surface area contributed by atoms with Crippen LogP contribution < -0.4 is 10.1 Å². The second-order valence-corrected chi connectivity index (χ2v) is 4.95. The van der Waals surface area contributed by atoms with Gasteiger partial charge < -0.3 is 15.2 Å². The number of carbonyl (C=O) groups excluding carboxylic acids is 1. The molecule has 0 saturated heterocycles. The molecule has 0 spiro atoms. The molecule has 0 aliphatic heterocycles. The molecular formula is C14H11BrN2O4. The van der Waals surface area contributed by atoms with Crippen molar-refractivity contribution in [3.05, 3.63) is 52.3 Å². The highest BCUT2D eigenvalue weighted by atomic mass is 79.9. The summed E-state index contributed by atoms with van der Waals surface area (Å²) in [4.78, 5) is 26.7. The number of amides is 1. The Morgan fingerprint density at radius 2 is 2.05 bits per heavy atom. The average Bonchev–Trinajstić information content (AvgIpc) is 2.47. The maximum atomic E-state index is 12.2. The van der Waals surface area contributed by atoms with Gasteiger partial charge >= 0.3 is 5.97 Å². The van der Waals surface area contributed by atoms with Crippen LogP contribution in [0.15, 0.2) is 41.0 Å². The number of anilines is 1. The van der Waals surface area contributed by atoms with Crippen LogP contribution in [0.2, 0.25) is 0 Å². The number of halogens is 1. The summed E-state index contributed by atoms with van der Waals surface area (Å²) in [5, 5.41) is 11.5. The van der Waals surface area contributed by atoms with Crippen LogP contribution in [0.25, 0.3) is 0 Å². The Hall–Kier alpha value is -2.41. The molecule has 0 bridgehead atoms. The number of carboxylic acids is 1. The van der Waals surface area contributed by atoms with E-state index in [1.54, 1.807) is 18.2 Å². The second-order valence-electron chi connectivity index (χ2n) is 4.03. The summed E-state index contributed by atoms with van der Waals surface area (Å²) in [6.45, 7) is 0. The van der Waals surface area contributed by atoms with Crippen molar-refractivity contribution in [1.29, 1.82) is 0 Å². The van der Waals surface area contributed by atoms with E-state index in [4.69, 9.17) is 9.84 Å². The second kappa shape index (κ2) is 6.36. The van der Waals surface area contributed by atoms with Crippen molar-refractivity contribution in [3.8, 4) is 5.75 Å². The van der Waals surface area contributed by atoms with Gasteiger partial charge in [-0.3, -0.25) is 4.79 Å². The Kier molecular flexibility index (Phi) is 4.54.